The molecule has 0 bridgehead atoms. The number of hydrogen-bond acceptors (Lipinski definition) is 3. The predicted octanol–water partition coefficient (Wildman–Crippen LogP) is 1.10. The zero-order valence-corrected chi connectivity index (χ0v) is 11.1. The third-order valence-electron chi connectivity index (χ3n) is 3.49. The zero-order chi connectivity index (χ0) is 12.3. The van der Waals surface area contributed by atoms with Crippen LogP contribution in [-0.4, -0.2) is 38.6 Å². The van der Waals surface area contributed by atoms with E-state index in [4.69, 9.17) is 18.0 Å². The van der Waals surface area contributed by atoms with Crippen molar-refractivity contribution in [1.29, 1.82) is 0 Å². The molecule has 1 aromatic heterocycles. The fourth-order valence-corrected chi connectivity index (χ4v) is 2.73. The second kappa shape index (κ2) is 5.60. The van der Waals surface area contributed by atoms with Crippen LogP contribution in [0.1, 0.15) is 25.1 Å². The fraction of sp³-hybridized carbons (Fsp3) is 0.667. The largest absolute Gasteiger partial charge is 0.392 e. The lowest BCUT2D eigenvalue weighted by Crippen LogP contribution is -2.47. The number of imidazole rings is 1. The summed E-state index contributed by atoms with van der Waals surface area (Å²) in [6.45, 7) is 2.10. The normalized spacial score (nSPS) is 21.6. The van der Waals surface area contributed by atoms with E-state index >= 15 is 0 Å². The molecule has 2 N–H and O–H groups in total. The molecule has 2 heterocycles. The van der Waals surface area contributed by atoms with Crippen molar-refractivity contribution in [2.75, 3.05) is 13.1 Å². The van der Waals surface area contributed by atoms with Gasteiger partial charge in [-0.05, 0) is 19.4 Å². The minimum absolute atomic E-state index is 0.291. The maximum atomic E-state index is 5.81. The monoisotopic (exact) mass is 252 g/mol. The Kier molecular flexibility index (Phi) is 4.12. The molecule has 1 fully saturated rings. The van der Waals surface area contributed by atoms with Crippen molar-refractivity contribution in [3.63, 3.8) is 0 Å². The summed E-state index contributed by atoms with van der Waals surface area (Å²) in [5.41, 5.74) is 5.81. The van der Waals surface area contributed by atoms with Crippen LogP contribution in [0, 0.1) is 0 Å². The van der Waals surface area contributed by atoms with E-state index in [1.165, 1.54) is 12.8 Å². The van der Waals surface area contributed by atoms with Crippen molar-refractivity contribution in [2.24, 2.45) is 12.8 Å². The SMILES string of the molecule is Cn1ccnc1CCN1CCCCC1C(N)=S. The maximum absolute atomic E-state index is 5.81. The Morgan fingerprint density at radius 3 is 3.06 bits per heavy atom. The van der Waals surface area contributed by atoms with Gasteiger partial charge in [0.25, 0.3) is 0 Å². The second-order valence-electron chi connectivity index (χ2n) is 4.65. The van der Waals surface area contributed by atoms with Gasteiger partial charge in [-0.2, -0.15) is 0 Å². The smallest absolute Gasteiger partial charge is 0.109 e. The average molecular weight is 252 g/mol. The molecular weight excluding hydrogens is 232 g/mol. The number of hydrogen-bond donors (Lipinski definition) is 1. The minimum Gasteiger partial charge on any atom is -0.392 e. The Bertz CT molecular complexity index is 388. The van der Waals surface area contributed by atoms with Gasteiger partial charge in [0, 0.05) is 32.4 Å². The Morgan fingerprint density at radius 1 is 1.59 bits per heavy atom. The van der Waals surface area contributed by atoms with Crippen molar-refractivity contribution in [1.82, 2.24) is 14.5 Å². The maximum Gasteiger partial charge on any atom is 0.109 e. The first kappa shape index (κ1) is 12.5. The number of thiocarbonyl (C=S) groups is 1. The highest BCUT2D eigenvalue weighted by Crippen LogP contribution is 2.17. The summed E-state index contributed by atoms with van der Waals surface area (Å²) in [5.74, 6) is 1.12. The van der Waals surface area contributed by atoms with Crippen LogP contribution in [0.15, 0.2) is 12.4 Å². The number of piperidine rings is 1. The lowest BCUT2D eigenvalue weighted by atomic mass is 10.0. The summed E-state index contributed by atoms with van der Waals surface area (Å²) < 4.78 is 2.07. The number of likely N-dealkylation sites (tertiary alicyclic amines) is 1. The highest BCUT2D eigenvalue weighted by molar-refractivity contribution is 7.80. The molecule has 0 saturated carbocycles. The molecule has 1 aromatic rings. The van der Waals surface area contributed by atoms with Gasteiger partial charge >= 0.3 is 0 Å². The van der Waals surface area contributed by atoms with Crippen LogP contribution >= 0.6 is 12.2 Å². The first-order valence-electron chi connectivity index (χ1n) is 6.18. The first-order valence-corrected chi connectivity index (χ1v) is 6.59. The molecule has 94 valence electrons. The van der Waals surface area contributed by atoms with Crippen LogP contribution in [0.3, 0.4) is 0 Å². The van der Waals surface area contributed by atoms with Crippen molar-refractivity contribution in [3.05, 3.63) is 18.2 Å². The first-order chi connectivity index (χ1) is 8.18. The van der Waals surface area contributed by atoms with Crippen LogP contribution in [0.5, 0.6) is 0 Å². The molecule has 1 aliphatic rings. The van der Waals surface area contributed by atoms with Crippen molar-refractivity contribution in [3.8, 4) is 0 Å². The molecule has 17 heavy (non-hydrogen) atoms. The highest BCUT2D eigenvalue weighted by atomic mass is 32.1. The molecule has 2 rings (SSSR count). The van der Waals surface area contributed by atoms with Crippen molar-refractivity contribution < 1.29 is 0 Å². The number of aromatic nitrogens is 2. The van der Waals surface area contributed by atoms with Crippen LogP contribution in [0.2, 0.25) is 0 Å². The molecular formula is C12H20N4S. The Morgan fingerprint density at radius 2 is 2.41 bits per heavy atom. The highest BCUT2D eigenvalue weighted by Gasteiger charge is 2.24. The molecule has 0 aromatic carbocycles. The number of nitrogens with two attached hydrogens (primary N) is 1. The summed E-state index contributed by atoms with van der Waals surface area (Å²) in [5, 5.41) is 0. The molecule has 0 spiro atoms. The van der Waals surface area contributed by atoms with E-state index < -0.39 is 0 Å². The van der Waals surface area contributed by atoms with Gasteiger partial charge in [-0.15, -0.1) is 0 Å². The number of aryl methyl sites for hydroxylation is 1. The Balaban J connectivity index is 1.92. The summed E-state index contributed by atoms with van der Waals surface area (Å²) >= 11 is 5.15. The number of rotatable bonds is 4. The topological polar surface area (TPSA) is 47.1 Å². The van der Waals surface area contributed by atoms with Gasteiger partial charge in [-0.1, -0.05) is 18.6 Å². The molecule has 0 aliphatic carbocycles. The molecule has 4 nitrogen and oxygen atoms in total. The lowest BCUT2D eigenvalue weighted by molar-refractivity contribution is 0.193. The summed E-state index contributed by atoms with van der Waals surface area (Å²) in [6.07, 6.45) is 8.38. The van der Waals surface area contributed by atoms with Crippen LogP contribution in [0.25, 0.3) is 0 Å². The van der Waals surface area contributed by atoms with Gasteiger partial charge in [-0.3, -0.25) is 4.90 Å². The van der Waals surface area contributed by atoms with Gasteiger partial charge in [0.1, 0.15) is 5.82 Å². The third-order valence-corrected chi connectivity index (χ3v) is 3.76. The van der Waals surface area contributed by atoms with E-state index in [2.05, 4.69) is 14.5 Å². The predicted molar refractivity (Wildman–Crippen MR) is 72.9 cm³/mol. The van der Waals surface area contributed by atoms with E-state index in [1.54, 1.807) is 0 Å². The quantitative estimate of drug-likeness (QED) is 0.815. The molecule has 0 radical (unpaired) electrons. The summed E-state index contributed by atoms with van der Waals surface area (Å²) in [7, 11) is 2.03. The van der Waals surface area contributed by atoms with Gasteiger partial charge in [0.2, 0.25) is 0 Å². The standard InChI is InChI=1S/C12H20N4S/c1-15-9-6-14-11(15)5-8-16-7-3-2-4-10(16)12(13)17/h6,9-10H,2-5,7-8H2,1H3,(H2,13,17). The summed E-state index contributed by atoms with van der Waals surface area (Å²) in [6, 6.07) is 0.291. The molecule has 1 aliphatic heterocycles. The third kappa shape index (κ3) is 3.04. The second-order valence-corrected chi connectivity index (χ2v) is 5.13. The molecule has 1 unspecified atom stereocenters. The summed E-state index contributed by atoms with van der Waals surface area (Å²) in [4.78, 5) is 7.39. The average Bonchev–Trinajstić information content (AvgIpc) is 2.72. The van der Waals surface area contributed by atoms with Crippen molar-refractivity contribution >= 4 is 17.2 Å². The minimum atomic E-state index is 0.291. The van der Waals surface area contributed by atoms with E-state index in [1.807, 2.05) is 19.4 Å². The Hall–Kier alpha value is -0.940. The van der Waals surface area contributed by atoms with E-state index in [-0.39, 0.29) is 0 Å². The molecule has 1 atom stereocenters. The van der Waals surface area contributed by atoms with E-state index in [0.717, 1.165) is 31.8 Å². The molecule has 1 saturated heterocycles. The van der Waals surface area contributed by atoms with E-state index in [9.17, 15) is 0 Å². The van der Waals surface area contributed by atoms with Gasteiger partial charge in [0.05, 0.1) is 11.0 Å². The van der Waals surface area contributed by atoms with Crippen molar-refractivity contribution in [2.45, 2.75) is 31.7 Å². The Labute approximate surface area is 108 Å². The van der Waals surface area contributed by atoms with E-state index in [0.29, 0.717) is 11.0 Å². The van der Waals surface area contributed by atoms with Gasteiger partial charge in [0.15, 0.2) is 0 Å². The fourth-order valence-electron chi connectivity index (χ4n) is 2.46. The van der Waals surface area contributed by atoms with Gasteiger partial charge < -0.3 is 10.3 Å². The van der Waals surface area contributed by atoms with Crippen LogP contribution in [0.4, 0.5) is 0 Å². The molecule has 5 heteroatoms. The number of nitrogens with zero attached hydrogens (tertiary/aromatic N) is 3. The molecule has 0 amide bonds. The lowest BCUT2D eigenvalue weighted by Gasteiger charge is -2.34. The zero-order valence-electron chi connectivity index (χ0n) is 10.3. The van der Waals surface area contributed by atoms with Crippen LogP contribution < -0.4 is 5.73 Å². The van der Waals surface area contributed by atoms with Gasteiger partial charge in [-0.25, -0.2) is 4.98 Å². The van der Waals surface area contributed by atoms with Crippen LogP contribution in [-0.2, 0) is 13.5 Å².